The maximum absolute atomic E-state index is 9.71. The van der Waals surface area contributed by atoms with Crippen molar-refractivity contribution in [2.45, 2.75) is 13.8 Å². The summed E-state index contributed by atoms with van der Waals surface area (Å²) in [6, 6.07) is 1.69. The first kappa shape index (κ1) is 11.6. The molecule has 3 nitrogen and oxygen atoms in total. The van der Waals surface area contributed by atoms with Gasteiger partial charge in [-0.05, 0) is 36.6 Å². The number of ether oxygens (including phenoxy) is 1. The van der Waals surface area contributed by atoms with Crippen LogP contribution in [0.3, 0.4) is 0 Å². The zero-order chi connectivity index (χ0) is 11.4. The molecule has 0 aliphatic rings. The van der Waals surface area contributed by atoms with Gasteiger partial charge in [-0.1, -0.05) is 12.2 Å². The van der Waals surface area contributed by atoms with Crippen molar-refractivity contribution >= 4 is 6.08 Å². The minimum atomic E-state index is 0.164. The fourth-order valence-electron chi connectivity index (χ4n) is 1.53. The molecule has 0 aliphatic heterocycles. The largest absolute Gasteiger partial charge is 0.504 e. The Kier molecular flexibility index (Phi) is 3.74. The Morgan fingerprint density at radius 3 is 2.60 bits per heavy atom. The summed E-state index contributed by atoms with van der Waals surface area (Å²) in [5, 5.41) is 9.71. The molecule has 0 spiro atoms. The summed E-state index contributed by atoms with van der Waals surface area (Å²) in [5.74, 6) is 0.703. The van der Waals surface area contributed by atoms with Crippen LogP contribution in [0.4, 0.5) is 0 Å². The molecule has 0 aromatic heterocycles. The quantitative estimate of drug-likeness (QED) is 0.797. The van der Waals surface area contributed by atoms with Gasteiger partial charge in [-0.2, -0.15) is 0 Å². The predicted octanol–water partition coefficient (Wildman–Crippen LogP) is 1.99. The van der Waals surface area contributed by atoms with E-state index in [1.807, 2.05) is 26.0 Å². The molecule has 0 aliphatic carbocycles. The number of phenolic OH excluding ortho intramolecular Hbond substituents is 1. The van der Waals surface area contributed by atoms with Crippen LogP contribution >= 0.6 is 0 Å². The van der Waals surface area contributed by atoms with E-state index < -0.39 is 0 Å². The molecule has 1 rings (SSSR count). The van der Waals surface area contributed by atoms with Gasteiger partial charge in [-0.25, -0.2) is 0 Å². The van der Waals surface area contributed by atoms with Crippen molar-refractivity contribution in [2.75, 3.05) is 13.7 Å². The van der Waals surface area contributed by atoms with Crippen molar-refractivity contribution in [3.63, 3.8) is 0 Å². The standard InChI is InChI=1S/C12H17NO2/c1-8-9(2)12(15-3)11(14)7-10(8)5-4-6-13/h4-5,7,14H,6,13H2,1-3H3/b5-4+. The van der Waals surface area contributed by atoms with Crippen molar-refractivity contribution in [1.29, 1.82) is 0 Å². The number of hydrogen-bond acceptors (Lipinski definition) is 3. The van der Waals surface area contributed by atoms with Crippen LogP contribution in [0.5, 0.6) is 11.5 Å². The highest BCUT2D eigenvalue weighted by atomic mass is 16.5. The molecule has 0 amide bonds. The molecular formula is C12H17NO2. The summed E-state index contributed by atoms with van der Waals surface area (Å²) in [7, 11) is 1.55. The Hall–Kier alpha value is -1.48. The number of rotatable bonds is 3. The maximum atomic E-state index is 9.71. The molecule has 0 atom stereocenters. The molecule has 0 fully saturated rings. The molecule has 82 valence electrons. The molecule has 15 heavy (non-hydrogen) atoms. The number of methoxy groups -OCH3 is 1. The van der Waals surface area contributed by atoms with Crippen molar-refractivity contribution in [3.8, 4) is 11.5 Å². The van der Waals surface area contributed by atoms with Crippen LogP contribution in [0.25, 0.3) is 6.08 Å². The zero-order valence-electron chi connectivity index (χ0n) is 9.37. The number of nitrogens with two attached hydrogens (primary N) is 1. The molecule has 0 radical (unpaired) electrons. The fourth-order valence-corrected chi connectivity index (χ4v) is 1.53. The highest BCUT2D eigenvalue weighted by Crippen LogP contribution is 2.34. The van der Waals surface area contributed by atoms with Gasteiger partial charge in [0.05, 0.1) is 7.11 Å². The average Bonchev–Trinajstić information content (AvgIpc) is 2.22. The SMILES string of the molecule is COc1c(O)cc(/C=C/CN)c(C)c1C. The number of hydrogen-bond donors (Lipinski definition) is 2. The molecule has 0 heterocycles. The molecule has 0 unspecified atom stereocenters. The van der Waals surface area contributed by atoms with E-state index in [2.05, 4.69) is 0 Å². The van der Waals surface area contributed by atoms with Crippen LogP contribution < -0.4 is 10.5 Å². The Morgan fingerprint density at radius 2 is 2.07 bits per heavy atom. The Morgan fingerprint density at radius 1 is 1.40 bits per heavy atom. The molecule has 0 saturated heterocycles. The van der Waals surface area contributed by atoms with Gasteiger partial charge in [0.15, 0.2) is 11.5 Å². The van der Waals surface area contributed by atoms with Gasteiger partial charge in [-0.15, -0.1) is 0 Å². The fraction of sp³-hybridized carbons (Fsp3) is 0.333. The van der Waals surface area contributed by atoms with Gasteiger partial charge >= 0.3 is 0 Å². The zero-order valence-corrected chi connectivity index (χ0v) is 9.37. The summed E-state index contributed by atoms with van der Waals surface area (Å²) in [5.41, 5.74) is 8.40. The first-order valence-corrected chi connectivity index (χ1v) is 4.85. The molecular weight excluding hydrogens is 190 g/mol. The van der Waals surface area contributed by atoms with E-state index in [0.717, 1.165) is 16.7 Å². The first-order chi connectivity index (χ1) is 7.11. The van der Waals surface area contributed by atoms with Crippen LogP contribution in [0.1, 0.15) is 16.7 Å². The lowest BCUT2D eigenvalue weighted by atomic mass is 10.0. The van der Waals surface area contributed by atoms with Crippen LogP contribution in [0, 0.1) is 13.8 Å². The van der Waals surface area contributed by atoms with E-state index in [0.29, 0.717) is 12.3 Å². The molecule has 0 bridgehead atoms. The Balaban J connectivity index is 3.27. The van der Waals surface area contributed by atoms with Gasteiger partial charge in [-0.3, -0.25) is 0 Å². The third-order valence-electron chi connectivity index (χ3n) is 2.50. The van der Waals surface area contributed by atoms with Gasteiger partial charge in [0.25, 0.3) is 0 Å². The van der Waals surface area contributed by atoms with E-state index in [1.54, 1.807) is 13.2 Å². The van der Waals surface area contributed by atoms with Crippen molar-refractivity contribution in [2.24, 2.45) is 5.73 Å². The average molecular weight is 207 g/mol. The molecule has 3 N–H and O–H groups in total. The highest BCUT2D eigenvalue weighted by molar-refractivity contribution is 5.63. The van der Waals surface area contributed by atoms with Crippen molar-refractivity contribution < 1.29 is 9.84 Å². The second-order valence-corrected chi connectivity index (χ2v) is 3.41. The maximum Gasteiger partial charge on any atom is 0.163 e. The van der Waals surface area contributed by atoms with E-state index in [4.69, 9.17) is 10.5 Å². The number of benzene rings is 1. The minimum Gasteiger partial charge on any atom is -0.504 e. The molecule has 1 aromatic carbocycles. The third kappa shape index (κ3) is 2.30. The lowest BCUT2D eigenvalue weighted by Gasteiger charge is -2.12. The van der Waals surface area contributed by atoms with E-state index in [9.17, 15) is 5.11 Å². The third-order valence-corrected chi connectivity index (χ3v) is 2.50. The molecule has 0 saturated carbocycles. The topological polar surface area (TPSA) is 55.5 Å². The van der Waals surface area contributed by atoms with E-state index >= 15 is 0 Å². The predicted molar refractivity (Wildman–Crippen MR) is 62.2 cm³/mol. The Bertz CT molecular complexity index is 384. The Labute approximate surface area is 90.2 Å². The summed E-state index contributed by atoms with van der Waals surface area (Å²) < 4.78 is 5.12. The van der Waals surface area contributed by atoms with Crippen LogP contribution in [-0.4, -0.2) is 18.8 Å². The van der Waals surface area contributed by atoms with Gasteiger partial charge < -0.3 is 15.6 Å². The lowest BCUT2D eigenvalue weighted by molar-refractivity contribution is 0.370. The van der Waals surface area contributed by atoms with Gasteiger partial charge in [0.2, 0.25) is 0 Å². The summed E-state index contributed by atoms with van der Waals surface area (Å²) in [6.45, 7) is 4.41. The lowest BCUT2D eigenvalue weighted by Crippen LogP contribution is -1.95. The van der Waals surface area contributed by atoms with Crippen molar-refractivity contribution in [1.82, 2.24) is 0 Å². The normalized spacial score (nSPS) is 10.9. The van der Waals surface area contributed by atoms with Gasteiger partial charge in [0.1, 0.15) is 0 Å². The van der Waals surface area contributed by atoms with E-state index in [-0.39, 0.29) is 5.75 Å². The number of phenols is 1. The summed E-state index contributed by atoms with van der Waals surface area (Å²) in [4.78, 5) is 0. The van der Waals surface area contributed by atoms with Crippen LogP contribution in [-0.2, 0) is 0 Å². The van der Waals surface area contributed by atoms with Gasteiger partial charge in [0, 0.05) is 6.54 Å². The smallest absolute Gasteiger partial charge is 0.163 e. The van der Waals surface area contributed by atoms with Crippen LogP contribution in [0.15, 0.2) is 12.1 Å². The monoisotopic (exact) mass is 207 g/mol. The van der Waals surface area contributed by atoms with E-state index in [1.165, 1.54) is 0 Å². The number of aromatic hydroxyl groups is 1. The minimum absolute atomic E-state index is 0.164. The summed E-state index contributed by atoms with van der Waals surface area (Å²) >= 11 is 0. The first-order valence-electron chi connectivity index (χ1n) is 4.85. The second kappa shape index (κ2) is 4.84. The van der Waals surface area contributed by atoms with Crippen molar-refractivity contribution in [3.05, 3.63) is 28.8 Å². The molecule has 3 heteroatoms. The summed E-state index contributed by atoms with van der Waals surface area (Å²) in [6.07, 6.45) is 3.76. The van der Waals surface area contributed by atoms with Crippen LogP contribution in [0.2, 0.25) is 0 Å². The second-order valence-electron chi connectivity index (χ2n) is 3.41. The molecule has 1 aromatic rings. The highest BCUT2D eigenvalue weighted by Gasteiger charge is 2.10.